The molecule has 1 aliphatic carbocycles. The molecule has 3 nitrogen and oxygen atoms in total. The van der Waals surface area contributed by atoms with Crippen LogP contribution in [0.4, 0.5) is 0 Å². The second kappa shape index (κ2) is 5.51. The van der Waals surface area contributed by atoms with Crippen molar-refractivity contribution in [2.45, 2.75) is 51.7 Å². The monoisotopic (exact) mass is 310 g/mol. The lowest BCUT2D eigenvalue weighted by atomic mass is 9.99. The molecule has 0 aromatic carbocycles. The molecule has 1 N–H and O–H groups in total. The fourth-order valence-corrected chi connectivity index (χ4v) is 4.28. The minimum atomic E-state index is -0.678. The van der Waals surface area contributed by atoms with E-state index in [4.69, 9.17) is 11.6 Å². The average molecular weight is 311 g/mol. The number of aliphatic hydroxyl groups excluding tert-OH is 1. The van der Waals surface area contributed by atoms with Gasteiger partial charge in [-0.1, -0.05) is 11.6 Å². The summed E-state index contributed by atoms with van der Waals surface area (Å²) in [5.41, 5.74) is 2.11. The van der Waals surface area contributed by atoms with Crippen LogP contribution in [0.1, 0.15) is 59.8 Å². The first-order chi connectivity index (χ1) is 9.58. The van der Waals surface area contributed by atoms with Gasteiger partial charge in [-0.2, -0.15) is 5.10 Å². The number of thiophene rings is 1. The smallest absolute Gasteiger partial charge is 0.131 e. The normalized spacial score (nSPS) is 16.4. The van der Waals surface area contributed by atoms with Crippen LogP contribution in [0.5, 0.6) is 0 Å². The van der Waals surface area contributed by atoms with Crippen LogP contribution in [0, 0.1) is 0 Å². The summed E-state index contributed by atoms with van der Waals surface area (Å²) < 4.78 is 1.81. The first kappa shape index (κ1) is 14.1. The summed E-state index contributed by atoms with van der Waals surface area (Å²) in [6, 6.07) is 2.33. The molecule has 0 bridgehead atoms. The topological polar surface area (TPSA) is 38.0 Å². The zero-order chi connectivity index (χ0) is 14.3. The molecule has 0 radical (unpaired) electrons. The Hall–Kier alpha value is -0.840. The maximum atomic E-state index is 10.7. The van der Waals surface area contributed by atoms with Gasteiger partial charge in [-0.05, 0) is 51.2 Å². The quantitative estimate of drug-likeness (QED) is 0.925. The van der Waals surface area contributed by atoms with E-state index in [0.717, 1.165) is 17.7 Å². The Morgan fingerprint density at radius 2 is 2.10 bits per heavy atom. The Morgan fingerprint density at radius 1 is 1.35 bits per heavy atom. The van der Waals surface area contributed by atoms with Gasteiger partial charge in [0.05, 0.1) is 16.9 Å². The maximum Gasteiger partial charge on any atom is 0.131 e. The van der Waals surface area contributed by atoms with E-state index in [1.165, 1.54) is 23.3 Å². The molecule has 1 aliphatic rings. The van der Waals surface area contributed by atoms with Crippen LogP contribution in [-0.2, 0) is 12.8 Å². The van der Waals surface area contributed by atoms with E-state index >= 15 is 0 Å². The van der Waals surface area contributed by atoms with Crippen LogP contribution >= 0.6 is 22.9 Å². The zero-order valence-corrected chi connectivity index (χ0v) is 13.3. The van der Waals surface area contributed by atoms with E-state index in [9.17, 15) is 5.11 Å². The molecule has 3 rings (SSSR count). The van der Waals surface area contributed by atoms with E-state index in [-0.39, 0.29) is 6.04 Å². The van der Waals surface area contributed by atoms with Gasteiger partial charge >= 0.3 is 0 Å². The molecule has 2 aromatic rings. The molecule has 2 aromatic heterocycles. The summed E-state index contributed by atoms with van der Waals surface area (Å²) in [4.78, 5) is 2.42. The van der Waals surface area contributed by atoms with E-state index < -0.39 is 6.10 Å². The molecule has 2 heterocycles. The summed E-state index contributed by atoms with van der Waals surface area (Å²) in [6.45, 7) is 4.08. The zero-order valence-electron chi connectivity index (χ0n) is 11.8. The van der Waals surface area contributed by atoms with Gasteiger partial charge in [-0.3, -0.25) is 4.68 Å². The maximum absolute atomic E-state index is 10.7. The number of hydrogen-bond donors (Lipinski definition) is 1. The van der Waals surface area contributed by atoms with Gasteiger partial charge in [-0.25, -0.2) is 0 Å². The van der Waals surface area contributed by atoms with Crippen LogP contribution in [0.15, 0.2) is 12.3 Å². The number of nitrogens with zero attached hydrogens (tertiary/aromatic N) is 2. The fourth-order valence-electron chi connectivity index (χ4n) is 2.80. The van der Waals surface area contributed by atoms with Crippen molar-refractivity contribution in [3.8, 4) is 0 Å². The Bertz CT molecular complexity index is 594. The van der Waals surface area contributed by atoms with E-state index in [2.05, 4.69) is 11.2 Å². The summed E-state index contributed by atoms with van der Waals surface area (Å²) in [7, 11) is 0. The van der Waals surface area contributed by atoms with Crippen molar-refractivity contribution in [2.24, 2.45) is 0 Å². The van der Waals surface area contributed by atoms with Crippen molar-refractivity contribution in [2.75, 3.05) is 0 Å². The lowest BCUT2D eigenvalue weighted by Crippen LogP contribution is -2.11. The number of halogens is 1. The standard InChI is InChI=1S/C15H19ClN2OS/c1-9(2)18-14(11(16)8-17-18)15(19)13-7-10-5-3-4-6-12(10)20-13/h7-9,15,19H,3-6H2,1-2H3. The van der Waals surface area contributed by atoms with Gasteiger partial charge in [0.25, 0.3) is 0 Å². The molecule has 0 saturated carbocycles. The van der Waals surface area contributed by atoms with Gasteiger partial charge in [0, 0.05) is 15.8 Å². The second-order valence-electron chi connectivity index (χ2n) is 5.62. The number of rotatable bonds is 3. The average Bonchev–Trinajstić information content (AvgIpc) is 3.01. The first-order valence-electron chi connectivity index (χ1n) is 7.10. The van der Waals surface area contributed by atoms with Crippen molar-refractivity contribution in [3.05, 3.63) is 38.3 Å². The predicted molar refractivity (Wildman–Crippen MR) is 82.6 cm³/mol. The molecular weight excluding hydrogens is 292 g/mol. The Morgan fingerprint density at radius 3 is 2.80 bits per heavy atom. The molecule has 20 heavy (non-hydrogen) atoms. The third-order valence-corrected chi connectivity index (χ3v) is 5.40. The largest absolute Gasteiger partial charge is 0.381 e. The summed E-state index contributed by atoms with van der Waals surface area (Å²) in [5.74, 6) is 0. The van der Waals surface area contributed by atoms with Crippen molar-refractivity contribution >= 4 is 22.9 Å². The molecule has 0 fully saturated rings. The molecule has 0 spiro atoms. The van der Waals surface area contributed by atoms with Crippen LogP contribution in [0.2, 0.25) is 5.02 Å². The third-order valence-electron chi connectivity index (χ3n) is 3.82. The third kappa shape index (κ3) is 2.41. The highest BCUT2D eigenvalue weighted by molar-refractivity contribution is 7.12. The summed E-state index contributed by atoms with van der Waals surface area (Å²) >= 11 is 7.94. The highest BCUT2D eigenvalue weighted by atomic mass is 35.5. The van der Waals surface area contributed by atoms with Gasteiger partial charge in [0.1, 0.15) is 6.10 Å². The minimum absolute atomic E-state index is 0.182. The van der Waals surface area contributed by atoms with Crippen LogP contribution in [0.25, 0.3) is 0 Å². The Balaban J connectivity index is 1.98. The molecule has 0 saturated heterocycles. The molecule has 0 aliphatic heterocycles. The van der Waals surface area contributed by atoms with Gasteiger partial charge in [0.15, 0.2) is 0 Å². The minimum Gasteiger partial charge on any atom is -0.381 e. The summed E-state index contributed by atoms with van der Waals surface area (Å²) in [6.07, 6.45) is 5.73. The van der Waals surface area contributed by atoms with Gasteiger partial charge < -0.3 is 5.11 Å². The molecule has 5 heteroatoms. The molecule has 108 valence electrons. The van der Waals surface area contributed by atoms with Crippen LogP contribution in [0.3, 0.4) is 0 Å². The van der Waals surface area contributed by atoms with E-state index in [0.29, 0.717) is 10.7 Å². The fraction of sp³-hybridized carbons (Fsp3) is 0.533. The van der Waals surface area contributed by atoms with Gasteiger partial charge in [-0.15, -0.1) is 11.3 Å². The van der Waals surface area contributed by atoms with E-state index in [1.807, 2.05) is 18.5 Å². The van der Waals surface area contributed by atoms with Crippen LogP contribution in [-0.4, -0.2) is 14.9 Å². The Labute approximate surface area is 128 Å². The van der Waals surface area contributed by atoms with Crippen molar-refractivity contribution < 1.29 is 5.11 Å². The molecule has 1 unspecified atom stereocenters. The predicted octanol–water partition coefficient (Wildman–Crippen LogP) is 4.14. The van der Waals surface area contributed by atoms with Gasteiger partial charge in [0.2, 0.25) is 0 Å². The molecule has 0 amide bonds. The second-order valence-corrected chi connectivity index (χ2v) is 7.20. The number of fused-ring (bicyclic) bond motifs is 1. The number of hydrogen-bond acceptors (Lipinski definition) is 3. The highest BCUT2D eigenvalue weighted by Gasteiger charge is 2.24. The van der Waals surface area contributed by atoms with Crippen molar-refractivity contribution in [3.63, 3.8) is 0 Å². The van der Waals surface area contributed by atoms with Crippen molar-refractivity contribution in [1.82, 2.24) is 9.78 Å². The van der Waals surface area contributed by atoms with E-state index in [1.54, 1.807) is 17.5 Å². The lowest BCUT2D eigenvalue weighted by Gasteiger charge is -2.15. The summed E-state index contributed by atoms with van der Waals surface area (Å²) in [5, 5.41) is 15.5. The number of aliphatic hydroxyl groups is 1. The number of aryl methyl sites for hydroxylation is 2. The molecule has 1 atom stereocenters. The molecular formula is C15H19ClN2OS. The lowest BCUT2D eigenvalue weighted by molar-refractivity contribution is 0.209. The number of aromatic nitrogens is 2. The SMILES string of the molecule is CC(C)n1ncc(Cl)c1C(O)c1cc2c(s1)CCCC2. The van der Waals surface area contributed by atoms with Crippen molar-refractivity contribution in [1.29, 1.82) is 0 Å². The first-order valence-corrected chi connectivity index (χ1v) is 8.30. The highest BCUT2D eigenvalue weighted by Crippen LogP contribution is 2.37. The Kier molecular flexibility index (Phi) is 3.89. The van der Waals surface area contributed by atoms with Crippen LogP contribution < -0.4 is 0 Å².